The van der Waals surface area contributed by atoms with Crippen LogP contribution in [0, 0.1) is 0 Å². The average molecular weight is 336 g/mol. The Morgan fingerprint density at radius 1 is 0.880 bits per heavy atom. The molecule has 1 aromatic heterocycles. The van der Waals surface area contributed by atoms with E-state index in [4.69, 9.17) is 4.42 Å². The highest BCUT2D eigenvalue weighted by molar-refractivity contribution is 6.18. The van der Waals surface area contributed by atoms with E-state index in [1.165, 1.54) is 13.0 Å². The molecule has 0 aliphatic carbocycles. The minimum Gasteiger partial charge on any atom is -0.507 e. The summed E-state index contributed by atoms with van der Waals surface area (Å²) >= 11 is 0. The standard InChI is InChI=1S/C19H12O6/c1-8(20)13-7-12-15(19(24)25-13)18(23)11-6-9-4-2-3-5-10(9)16(21)14(11)17(12)22/h2-7,21-23H,1H3. The Balaban J connectivity index is 2.33. The molecule has 0 unspecified atom stereocenters. The highest BCUT2D eigenvalue weighted by Crippen LogP contribution is 2.46. The van der Waals surface area contributed by atoms with Gasteiger partial charge in [0.15, 0.2) is 11.5 Å². The molecule has 0 saturated carbocycles. The fraction of sp³-hybridized carbons (Fsp3) is 0.0526. The van der Waals surface area contributed by atoms with Crippen molar-refractivity contribution in [1.29, 1.82) is 0 Å². The minimum absolute atomic E-state index is 0.00352. The molecule has 6 heteroatoms. The number of ketones is 1. The second-order valence-corrected chi connectivity index (χ2v) is 5.81. The van der Waals surface area contributed by atoms with Gasteiger partial charge in [-0.2, -0.15) is 0 Å². The van der Waals surface area contributed by atoms with Crippen LogP contribution in [0.25, 0.3) is 32.3 Å². The molecule has 0 fully saturated rings. The molecule has 0 amide bonds. The molecule has 3 N–H and O–H groups in total. The Morgan fingerprint density at radius 2 is 1.48 bits per heavy atom. The lowest BCUT2D eigenvalue weighted by Crippen LogP contribution is -2.05. The first-order chi connectivity index (χ1) is 11.9. The van der Waals surface area contributed by atoms with E-state index in [0.717, 1.165) is 0 Å². The molecule has 0 spiro atoms. The van der Waals surface area contributed by atoms with E-state index in [9.17, 15) is 24.9 Å². The number of carbonyl (C=O) groups excluding carboxylic acids is 1. The number of hydrogen-bond donors (Lipinski definition) is 3. The zero-order chi connectivity index (χ0) is 17.9. The summed E-state index contributed by atoms with van der Waals surface area (Å²) in [7, 11) is 0. The van der Waals surface area contributed by atoms with Crippen LogP contribution in [0.1, 0.15) is 17.5 Å². The second kappa shape index (κ2) is 4.98. The van der Waals surface area contributed by atoms with Crippen LogP contribution < -0.4 is 5.63 Å². The normalized spacial score (nSPS) is 11.4. The molecule has 4 aromatic rings. The first kappa shape index (κ1) is 15.0. The van der Waals surface area contributed by atoms with Gasteiger partial charge in [-0.15, -0.1) is 0 Å². The molecule has 0 aliphatic rings. The Kier molecular flexibility index (Phi) is 2.99. The van der Waals surface area contributed by atoms with Crippen molar-refractivity contribution in [2.75, 3.05) is 0 Å². The number of phenolic OH excluding ortho intramolecular Hbond substituents is 3. The molecule has 3 aromatic carbocycles. The quantitative estimate of drug-likeness (QED) is 0.279. The van der Waals surface area contributed by atoms with Gasteiger partial charge in [0.2, 0.25) is 0 Å². The summed E-state index contributed by atoms with van der Waals surface area (Å²) < 4.78 is 4.92. The number of hydrogen-bond acceptors (Lipinski definition) is 6. The molecule has 124 valence electrons. The van der Waals surface area contributed by atoms with Crippen molar-refractivity contribution in [3.05, 3.63) is 52.6 Å². The van der Waals surface area contributed by atoms with Crippen LogP contribution in [0.4, 0.5) is 0 Å². The van der Waals surface area contributed by atoms with Crippen molar-refractivity contribution in [2.45, 2.75) is 6.92 Å². The van der Waals surface area contributed by atoms with Crippen LogP contribution in [0.5, 0.6) is 17.2 Å². The predicted molar refractivity (Wildman–Crippen MR) is 92.5 cm³/mol. The van der Waals surface area contributed by atoms with E-state index in [2.05, 4.69) is 0 Å². The maximum absolute atomic E-state index is 12.2. The maximum atomic E-state index is 12.2. The van der Waals surface area contributed by atoms with Crippen LogP contribution in [-0.2, 0) is 0 Å². The summed E-state index contributed by atoms with van der Waals surface area (Å²) in [4.78, 5) is 23.7. The summed E-state index contributed by atoms with van der Waals surface area (Å²) in [6.45, 7) is 1.22. The molecular formula is C19H12O6. The van der Waals surface area contributed by atoms with Gasteiger partial charge in [0.1, 0.15) is 22.6 Å². The zero-order valence-electron chi connectivity index (χ0n) is 13.0. The number of phenols is 3. The average Bonchev–Trinajstić information content (AvgIpc) is 2.59. The van der Waals surface area contributed by atoms with Gasteiger partial charge in [-0.3, -0.25) is 4.79 Å². The van der Waals surface area contributed by atoms with Crippen molar-refractivity contribution < 1.29 is 24.5 Å². The van der Waals surface area contributed by atoms with Crippen molar-refractivity contribution in [2.24, 2.45) is 0 Å². The lowest BCUT2D eigenvalue weighted by molar-refractivity contribution is 0.0983. The van der Waals surface area contributed by atoms with Crippen molar-refractivity contribution in [1.82, 2.24) is 0 Å². The first-order valence-electron chi connectivity index (χ1n) is 7.47. The van der Waals surface area contributed by atoms with Crippen LogP contribution in [0.15, 0.2) is 45.6 Å². The van der Waals surface area contributed by atoms with E-state index in [-0.39, 0.29) is 33.1 Å². The molecule has 25 heavy (non-hydrogen) atoms. The molecule has 0 atom stereocenters. The highest BCUT2D eigenvalue weighted by atomic mass is 16.4. The highest BCUT2D eigenvalue weighted by Gasteiger charge is 2.22. The van der Waals surface area contributed by atoms with Crippen molar-refractivity contribution in [3.63, 3.8) is 0 Å². The van der Waals surface area contributed by atoms with Crippen LogP contribution in [-0.4, -0.2) is 21.1 Å². The third-order valence-electron chi connectivity index (χ3n) is 4.30. The van der Waals surface area contributed by atoms with Gasteiger partial charge >= 0.3 is 5.63 Å². The van der Waals surface area contributed by atoms with E-state index >= 15 is 0 Å². The van der Waals surface area contributed by atoms with E-state index in [1.807, 2.05) is 0 Å². The first-order valence-corrected chi connectivity index (χ1v) is 7.47. The van der Waals surface area contributed by atoms with Gasteiger partial charge in [0, 0.05) is 23.1 Å². The second-order valence-electron chi connectivity index (χ2n) is 5.81. The number of benzene rings is 3. The van der Waals surface area contributed by atoms with Gasteiger partial charge in [-0.25, -0.2) is 4.79 Å². The van der Waals surface area contributed by atoms with E-state index in [1.54, 1.807) is 30.3 Å². The monoisotopic (exact) mass is 336 g/mol. The number of aromatic hydroxyl groups is 3. The van der Waals surface area contributed by atoms with Crippen LogP contribution in [0.3, 0.4) is 0 Å². The number of Topliss-reactive ketones (excluding diaryl/α,β-unsaturated/α-hetero) is 1. The summed E-state index contributed by atoms with van der Waals surface area (Å²) in [6.07, 6.45) is 0. The molecule has 0 saturated heterocycles. The van der Waals surface area contributed by atoms with Gasteiger partial charge in [0.25, 0.3) is 0 Å². The van der Waals surface area contributed by atoms with Crippen molar-refractivity contribution >= 4 is 38.1 Å². The smallest absolute Gasteiger partial charge is 0.348 e. The minimum atomic E-state index is -0.940. The molecule has 0 radical (unpaired) electrons. The third kappa shape index (κ3) is 1.97. The number of fused-ring (bicyclic) bond motifs is 3. The summed E-state index contributed by atoms with van der Waals surface area (Å²) in [5, 5.41) is 32.7. The molecule has 0 bridgehead atoms. The SMILES string of the molecule is CC(=O)c1cc2c(O)c3c(O)c4ccccc4cc3c(O)c2c(=O)o1. The van der Waals surface area contributed by atoms with Gasteiger partial charge in [0.05, 0.1) is 5.39 Å². The Bertz CT molecular complexity index is 1270. The summed E-state index contributed by atoms with van der Waals surface area (Å²) in [6, 6.07) is 9.65. The predicted octanol–water partition coefficient (Wildman–Crippen LogP) is 3.42. The van der Waals surface area contributed by atoms with Crippen LogP contribution >= 0.6 is 0 Å². The molecule has 0 aliphatic heterocycles. The third-order valence-corrected chi connectivity index (χ3v) is 4.30. The molecule has 6 nitrogen and oxygen atoms in total. The largest absolute Gasteiger partial charge is 0.507 e. The zero-order valence-corrected chi connectivity index (χ0v) is 13.0. The van der Waals surface area contributed by atoms with Gasteiger partial charge in [-0.05, 0) is 17.5 Å². The topological polar surface area (TPSA) is 108 Å². The Labute approximate surface area is 140 Å². The maximum Gasteiger partial charge on any atom is 0.348 e. The van der Waals surface area contributed by atoms with Crippen molar-refractivity contribution in [3.8, 4) is 17.2 Å². The fourth-order valence-electron chi connectivity index (χ4n) is 3.10. The van der Waals surface area contributed by atoms with Crippen LogP contribution in [0.2, 0.25) is 0 Å². The Morgan fingerprint density at radius 3 is 2.20 bits per heavy atom. The molecule has 1 heterocycles. The lowest BCUT2D eigenvalue weighted by Gasteiger charge is -2.12. The Hall–Kier alpha value is -3.54. The van der Waals surface area contributed by atoms with E-state index < -0.39 is 22.9 Å². The lowest BCUT2D eigenvalue weighted by atomic mass is 9.97. The summed E-state index contributed by atoms with van der Waals surface area (Å²) in [5.41, 5.74) is -0.940. The van der Waals surface area contributed by atoms with Gasteiger partial charge in [-0.1, -0.05) is 24.3 Å². The fourth-order valence-corrected chi connectivity index (χ4v) is 3.10. The number of carbonyl (C=O) groups is 1. The number of rotatable bonds is 1. The van der Waals surface area contributed by atoms with Gasteiger partial charge < -0.3 is 19.7 Å². The summed E-state index contributed by atoms with van der Waals surface area (Å²) in [5.74, 6) is -1.79. The molecule has 4 rings (SSSR count). The molecular weight excluding hydrogens is 324 g/mol. The van der Waals surface area contributed by atoms with E-state index in [0.29, 0.717) is 10.8 Å².